The predicted octanol–water partition coefficient (Wildman–Crippen LogP) is 3.70. The molecule has 0 unspecified atom stereocenters. The number of benzene rings is 2. The maximum atomic E-state index is 12.8. The minimum absolute atomic E-state index is 0.0773. The molecule has 0 spiro atoms. The van der Waals surface area contributed by atoms with Crippen molar-refractivity contribution in [3.63, 3.8) is 0 Å². The third-order valence-corrected chi connectivity index (χ3v) is 4.53. The number of rotatable bonds is 5. The van der Waals surface area contributed by atoms with Crippen molar-refractivity contribution in [2.24, 2.45) is 0 Å². The van der Waals surface area contributed by atoms with Crippen molar-refractivity contribution in [3.8, 4) is 5.75 Å². The SMILES string of the molecule is Cc1cc(C)cc(C2=CCN(C(=O)c3cccc(OCC(=O)O)c3)CC2)c1. The Kier molecular flexibility index (Phi) is 5.60. The summed E-state index contributed by atoms with van der Waals surface area (Å²) in [6.45, 7) is 4.97. The molecule has 0 fully saturated rings. The van der Waals surface area contributed by atoms with E-state index in [4.69, 9.17) is 9.84 Å². The zero-order chi connectivity index (χ0) is 19.4. The van der Waals surface area contributed by atoms with Gasteiger partial charge in [-0.05, 0) is 49.6 Å². The van der Waals surface area contributed by atoms with E-state index in [0.717, 1.165) is 6.42 Å². The van der Waals surface area contributed by atoms with Crippen LogP contribution in [0.3, 0.4) is 0 Å². The second kappa shape index (κ2) is 8.08. The molecule has 0 saturated carbocycles. The van der Waals surface area contributed by atoms with Crippen LogP contribution in [-0.2, 0) is 4.79 Å². The van der Waals surface area contributed by atoms with E-state index < -0.39 is 12.6 Å². The zero-order valence-corrected chi connectivity index (χ0v) is 15.6. The fourth-order valence-corrected chi connectivity index (χ4v) is 3.32. The van der Waals surface area contributed by atoms with Gasteiger partial charge in [0.25, 0.3) is 5.91 Å². The maximum Gasteiger partial charge on any atom is 0.341 e. The van der Waals surface area contributed by atoms with Gasteiger partial charge in [-0.25, -0.2) is 4.79 Å². The topological polar surface area (TPSA) is 66.8 Å². The lowest BCUT2D eigenvalue weighted by atomic mass is 9.96. The molecule has 5 nitrogen and oxygen atoms in total. The molecule has 2 aromatic rings. The Labute approximate surface area is 158 Å². The molecule has 3 rings (SSSR count). The largest absolute Gasteiger partial charge is 0.482 e. The average Bonchev–Trinajstić information content (AvgIpc) is 2.65. The summed E-state index contributed by atoms with van der Waals surface area (Å²) < 4.78 is 5.16. The maximum absolute atomic E-state index is 12.8. The summed E-state index contributed by atoms with van der Waals surface area (Å²) in [5.41, 5.74) is 5.47. The molecule has 140 valence electrons. The number of aryl methyl sites for hydroxylation is 2. The highest BCUT2D eigenvalue weighted by molar-refractivity contribution is 5.95. The first kappa shape index (κ1) is 18.7. The molecule has 1 N–H and O–H groups in total. The minimum atomic E-state index is -1.05. The van der Waals surface area contributed by atoms with Crippen molar-refractivity contribution in [1.82, 2.24) is 4.90 Å². The molecule has 0 aliphatic carbocycles. The number of aliphatic carboxylic acids is 1. The number of carbonyl (C=O) groups is 2. The van der Waals surface area contributed by atoms with Crippen molar-refractivity contribution < 1.29 is 19.4 Å². The van der Waals surface area contributed by atoms with Crippen molar-refractivity contribution in [2.75, 3.05) is 19.7 Å². The summed E-state index contributed by atoms with van der Waals surface area (Å²) in [6, 6.07) is 13.2. The van der Waals surface area contributed by atoms with E-state index in [1.807, 2.05) is 0 Å². The summed E-state index contributed by atoms with van der Waals surface area (Å²) in [5, 5.41) is 8.70. The molecule has 1 amide bonds. The molecule has 0 radical (unpaired) electrons. The fourth-order valence-electron chi connectivity index (χ4n) is 3.32. The third kappa shape index (κ3) is 4.76. The lowest BCUT2D eigenvalue weighted by Crippen LogP contribution is -2.34. The van der Waals surface area contributed by atoms with Gasteiger partial charge in [-0.3, -0.25) is 4.79 Å². The Morgan fingerprint density at radius 3 is 2.48 bits per heavy atom. The van der Waals surface area contributed by atoms with E-state index in [1.54, 1.807) is 29.2 Å². The van der Waals surface area contributed by atoms with Gasteiger partial charge in [-0.2, -0.15) is 0 Å². The number of carboxylic acids is 1. The number of carbonyl (C=O) groups excluding carboxylic acids is 1. The first-order valence-corrected chi connectivity index (χ1v) is 8.94. The van der Waals surface area contributed by atoms with Gasteiger partial charge in [0.05, 0.1) is 0 Å². The van der Waals surface area contributed by atoms with Gasteiger partial charge in [-0.1, -0.05) is 41.5 Å². The average molecular weight is 365 g/mol. The number of hydrogen-bond donors (Lipinski definition) is 1. The predicted molar refractivity (Wildman–Crippen MR) is 104 cm³/mol. The third-order valence-electron chi connectivity index (χ3n) is 4.53. The molecule has 27 heavy (non-hydrogen) atoms. The van der Waals surface area contributed by atoms with Crippen LogP contribution in [0, 0.1) is 13.8 Å². The normalized spacial score (nSPS) is 13.9. The molecule has 1 heterocycles. The van der Waals surface area contributed by atoms with Crippen molar-refractivity contribution in [3.05, 3.63) is 70.8 Å². The Morgan fingerprint density at radius 1 is 1.11 bits per heavy atom. The van der Waals surface area contributed by atoms with Gasteiger partial charge >= 0.3 is 5.97 Å². The van der Waals surface area contributed by atoms with Crippen LogP contribution in [0.1, 0.15) is 33.5 Å². The van der Waals surface area contributed by atoms with E-state index >= 15 is 0 Å². The molecule has 0 aromatic heterocycles. The highest BCUT2D eigenvalue weighted by Gasteiger charge is 2.20. The Morgan fingerprint density at radius 2 is 1.85 bits per heavy atom. The van der Waals surface area contributed by atoms with Crippen LogP contribution in [0.25, 0.3) is 5.57 Å². The summed E-state index contributed by atoms with van der Waals surface area (Å²) in [7, 11) is 0. The smallest absolute Gasteiger partial charge is 0.341 e. The van der Waals surface area contributed by atoms with Crippen molar-refractivity contribution in [1.29, 1.82) is 0 Å². The number of amides is 1. The first-order valence-electron chi connectivity index (χ1n) is 8.94. The van der Waals surface area contributed by atoms with Crippen LogP contribution < -0.4 is 4.74 Å². The number of carboxylic acid groups (broad SMARTS) is 1. The molecular formula is C22H23NO4. The Hall–Kier alpha value is -3.08. The summed E-state index contributed by atoms with van der Waals surface area (Å²) >= 11 is 0. The van der Waals surface area contributed by atoms with Gasteiger partial charge in [0.1, 0.15) is 5.75 Å². The second-order valence-electron chi connectivity index (χ2n) is 6.82. The van der Waals surface area contributed by atoms with Gasteiger partial charge in [-0.15, -0.1) is 0 Å². The van der Waals surface area contributed by atoms with E-state index in [9.17, 15) is 9.59 Å². The highest BCUT2D eigenvalue weighted by atomic mass is 16.5. The van der Waals surface area contributed by atoms with Crippen LogP contribution in [0.15, 0.2) is 48.5 Å². The highest BCUT2D eigenvalue weighted by Crippen LogP contribution is 2.25. The fraction of sp³-hybridized carbons (Fsp3) is 0.273. The molecule has 1 aliphatic rings. The molecule has 0 atom stereocenters. The quantitative estimate of drug-likeness (QED) is 0.877. The first-order chi connectivity index (χ1) is 12.9. The van der Waals surface area contributed by atoms with Crippen LogP contribution in [0.2, 0.25) is 0 Å². The molecule has 0 saturated heterocycles. The van der Waals surface area contributed by atoms with Crippen LogP contribution in [0.5, 0.6) is 5.75 Å². The Balaban J connectivity index is 1.70. The van der Waals surface area contributed by atoms with E-state index in [2.05, 4.69) is 38.1 Å². The van der Waals surface area contributed by atoms with E-state index in [1.165, 1.54) is 22.3 Å². The zero-order valence-electron chi connectivity index (χ0n) is 15.6. The molecule has 0 bridgehead atoms. The van der Waals surface area contributed by atoms with E-state index in [0.29, 0.717) is 24.4 Å². The number of nitrogens with zero attached hydrogens (tertiary/aromatic N) is 1. The number of ether oxygens (including phenoxy) is 1. The van der Waals surface area contributed by atoms with Crippen LogP contribution >= 0.6 is 0 Å². The lowest BCUT2D eigenvalue weighted by molar-refractivity contribution is -0.139. The molecule has 1 aliphatic heterocycles. The van der Waals surface area contributed by atoms with Gasteiger partial charge in [0.15, 0.2) is 6.61 Å². The van der Waals surface area contributed by atoms with Crippen LogP contribution in [-0.4, -0.2) is 41.6 Å². The summed E-state index contributed by atoms with van der Waals surface area (Å²) in [5.74, 6) is -0.745. The standard InChI is InChI=1S/C22H23NO4/c1-15-10-16(2)12-19(11-15)17-6-8-23(9-7-17)22(26)18-4-3-5-20(13-18)27-14-21(24)25/h3-6,10-13H,7-9,14H2,1-2H3,(H,24,25). The van der Waals surface area contributed by atoms with Gasteiger partial charge < -0.3 is 14.7 Å². The lowest BCUT2D eigenvalue weighted by Gasteiger charge is -2.27. The molecular weight excluding hydrogens is 342 g/mol. The van der Waals surface area contributed by atoms with Crippen molar-refractivity contribution in [2.45, 2.75) is 20.3 Å². The van der Waals surface area contributed by atoms with Crippen LogP contribution in [0.4, 0.5) is 0 Å². The number of hydrogen-bond acceptors (Lipinski definition) is 3. The van der Waals surface area contributed by atoms with Gasteiger partial charge in [0, 0.05) is 18.7 Å². The molecule has 2 aromatic carbocycles. The minimum Gasteiger partial charge on any atom is -0.482 e. The monoisotopic (exact) mass is 365 g/mol. The van der Waals surface area contributed by atoms with Crippen molar-refractivity contribution >= 4 is 17.4 Å². The summed E-state index contributed by atoms with van der Waals surface area (Å²) in [6.07, 6.45) is 2.92. The molecule has 5 heteroatoms. The Bertz CT molecular complexity index is 881. The van der Waals surface area contributed by atoms with Gasteiger partial charge in [0.2, 0.25) is 0 Å². The summed E-state index contributed by atoms with van der Waals surface area (Å²) in [4.78, 5) is 25.2. The van der Waals surface area contributed by atoms with E-state index in [-0.39, 0.29) is 5.91 Å². The second-order valence-corrected chi connectivity index (χ2v) is 6.82.